The topological polar surface area (TPSA) is 21.7 Å². The lowest BCUT2D eigenvalue weighted by Crippen LogP contribution is -2.41. The molecule has 1 aromatic rings. The SMILES string of the molecule is CC1CCN(Cc2cc(F)cc(B3OC(C)(C)C(C)(C)O3)c2)C1. The molecule has 0 spiro atoms. The molecular weight excluding hydrogens is 292 g/mol. The van der Waals surface area contributed by atoms with Gasteiger partial charge in [-0.2, -0.15) is 0 Å². The van der Waals surface area contributed by atoms with Crippen LogP contribution in [0.2, 0.25) is 0 Å². The molecule has 23 heavy (non-hydrogen) atoms. The normalized spacial score (nSPS) is 26.9. The smallest absolute Gasteiger partial charge is 0.399 e. The van der Waals surface area contributed by atoms with Gasteiger partial charge >= 0.3 is 7.12 Å². The molecule has 2 saturated heterocycles. The molecule has 2 aliphatic rings. The summed E-state index contributed by atoms with van der Waals surface area (Å²) in [7, 11) is -0.507. The van der Waals surface area contributed by atoms with Gasteiger partial charge in [0.05, 0.1) is 11.2 Å². The highest BCUT2D eigenvalue weighted by atomic mass is 19.1. The first-order valence-corrected chi connectivity index (χ1v) is 8.54. The Bertz CT molecular complexity index is 574. The number of hydrogen-bond donors (Lipinski definition) is 0. The fourth-order valence-corrected chi connectivity index (χ4v) is 3.31. The Labute approximate surface area is 139 Å². The van der Waals surface area contributed by atoms with E-state index < -0.39 is 18.3 Å². The van der Waals surface area contributed by atoms with E-state index in [0.29, 0.717) is 0 Å². The van der Waals surface area contributed by atoms with E-state index >= 15 is 0 Å². The van der Waals surface area contributed by atoms with Crippen LogP contribution in [-0.4, -0.2) is 36.3 Å². The highest BCUT2D eigenvalue weighted by Gasteiger charge is 2.51. The van der Waals surface area contributed by atoms with Crippen molar-refractivity contribution >= 4 is 12.6 Å². The summed E-state index contributed by atoms with van der Waals surface area (Å²) >= 11 is 0. The Balaban J connectivity index is 1.79. The summed E-state index contributed by atoms with van der Waals surface area (Å²) in [6.45, 7) is 13.3. The van der Waals surface area contributed by atoms with Crippen molar-refractivity contribution in [3.8, 4) is 0 Å². The predicted molar refractivity (Wildman–Crippen MR) is 91.2 cm³/mol. The van der Waals surface area contributed by atoms with Crippen LogP contribution in [-0.2, 0) is 15.9 Å². The van der Waals surface area contributed by atoms with Crippen LogP contribution in [0.3, 0.4) is 0 Å². The predicted octanol–water partition coefficient (Wildman–Crippen LogP) is 2.97. The third-order valence-electron chi connectivity index (χ3n) is 5.42. The molecule has 0 amide bonds. The fourth-order valence-electron chi connectivity index (χ4n) is 3.31. The van der Waals surface area contributed by atoms with Gasteiger partial charge < -0.3 is 9.31 Å². The lowest BCUT2D eigenvalue weighted by Gasteiger charge is -2.32. The van der Waals surface area contributed by atoms with Gasteiger partial charge in [0.15, 0.2) is 0 Å². The van der Waals surface area contributed by atoms with Crippen molar-refractivity contribution in [3.63, 3.8) is 0 Å². The largest absolute Gasteiger partial charge is 0.494 e. The van der Waals surface area contributed by atoms with Crippen LogP contribution in [0.15, 0.2) is 18.2 Å². The first-order valence-electron chi connectivity index (χ1n) is 8.54. The monoisotopic (exact) mass is 319 g/mol. The number of hydrogen-bond acceptors (Lipinski definition) is 3. The average Bonchev–Trinajstić information content (AvgIpc) is 2.90. The molecule has 2 aliphatic heterocycles. The molecule has 0 aliphatic carbocycles. The minimum atomic E-state index is -0.507. The van der Waals surface area contributed by atoms with E-state index in [-0.39, 0.29) is 5.82 Å². The second-order valence-corrected chi connectivity index (χ2v) is 8.11. The highest BCUT2D eigenvalue weighted by molar-refractivity contribution is 6.62. The zero-order valence-electron chi connectivity index (χ0n) is 14.9. The van der Waals surface area contributed by atoms with E-state index in [1.165, 1.54) is 12.5 Å². The average molecular weight is 319 g/mol. The molecule has 0 radical (unpaired) electrons. The molecule has 5 heteroatoms. The first-order chi connectivity index (χ1) is 10.7. The molecule has 2 heterocycles. The second kappa shape index (κ2) is 5.87. The molecule has 0 aromatic heterocycles. The molecule has 0 saturated carbocycles. The third-order valence-corrected chi connectivity index (χ3v) is 5.42. The summed E-state index contributed by atoms with van der Waals surface area (Å²) in [5, 5.41) is 0. The van der Waals surface area contributed by atoms with E-state index in [1.54, 1.807) is 6.07 Å². The Kier molecular flexibility index (Phi) is 4.32. The van der Waals surface area contributed by atoms with E-state index in [0.717, 1.165) is 36.6 Å². The van der Waals surface area contributed by atoms with Crippen LogP contribution in [0.1, 0.15) is 46.6 Å². The standard InChI is InChI=1S/C18H27BFNO2/c1-13-6-7-21(11-13)12-14-8-15(10-16(20)9-14)19-22-17(2,3)18(4,5)23-19/h8-10,13H,6-7,11-12H2,1-5H3. The Hall–Kier alpha value is -0.905. The van der Waals surface area contributed by atoms with Crippen molar-refractivity contribution < 1.29 is 13.7 Å². The molecule has 1 unspecified atom stereocenters. The minimum absolute atomic E-state index is 0.223. The fraction of sp³-hybridized carbons (Fsp3) is 0.667. The number of benzene rings is 1. The van der Waals surface area contributed by atoms with Crippen LogP contribution < -0.4 is 5.46 Å². The summed E-state index contributed by atoms with van der Waals surface area (Å²) in [4.78, 5) is 2.38. The maximum atomic E-state index is 14.1. The number of rotatable bonds is 3. The lowest BCUT2D eigenvalue weighted by atomic mass is 9.78. The molecule has 3 nitrogen and oxygen atoms in total. The molecule has 126 valence electrons. The summed E-state index contributed by atoms with van der Waals surface area (Å²) < 4.78 is 26.2. The number of halogens is 1. The van der Waals surface area contributed by atoms with Gasteiger partial charge in [0, 0.05) is 13.1 Å². The van der Waals surface area contributed by atoms with E-state index in [9.17, 15) is 4.39 Å². The Morgan fingerprint density at radius 1 is 1.17 bits per heavy atom. The maximum absolute atomic E-state index is 14.1. The number of likely N-dealkylation sites (tertiary alicyclic amines) is 1. The third kappa shape index (κ3) is 3.47. The zero-order valence-corrected chi connectivity index (χ0v) is 14.9. The van der Waals surface area contributed by atoms with Crippen LogP contribution in [0.5, 0.6) is 0 Å². The summed E-state index contributed by atoms with van der Waals surface area (Å²) in [6, 6.07) is 5.17. The molecule has 0 N–H and O–H groups in total. The van der Waals surface area contributed by atoms with E-state index in [2.05, 4.69) is 11.8 Å². The van der Waals surface area contributed by atoms with Crippen LogP contribution in [0, 0.1) is 11.7 Å². The van der Waals surface area contributed by atoms with Crippen LogP contribution in [0.4, 0.5) is 4.39 Å². The van der Waals surface area contributed by atoms with Crippen LogP contribution in [0.25, 0.3) is 0 Å². The van der Waals surface area contributed by atoms with Gasteiger partial charge in [-0.15, -0.1) is 0 Å². The molecule has 1 atom stereocenters. The van der Waals surface area contributed by atoms with Crippen molar-refractivity contribution in [2.45, 2.75) is 58.8 Å². The molecule has 1 aromatic carbocycles. The van der Waals surface area contributed by atoms with Gasteiger partial charge in [-0.3, -0.25) is 4.90 Å². The zero-order chi connectivity index (χ0) is 16.8. The minimum Gasteiger partial charge on any atom is -0.399 e. The molecule has 2 fully saturated rings. The molecule has 0 bridgehead atoms. The molecular formula is C18H27BFNO2. The van der Waals surface area contributed by atoms with Crippen molar-refractivity contribution in [3.05, 3.63) is 29.6 Å². The highest BCUT2D eigenvalue weighted by Crippen LogP contribution is 2.36. The van der Waals surface area contributed by atoms with Crippen molar-refractivity contribution in [2.75, 3.05) is 13.1 Å². The van der Waals surface area contributed by atoms with Gasteiger partial charge in [0.2, 0.25) is 0 Å². The lowest BCUT2D eigenvalue weighted by molar-refractivity contribution is 0.00578. The summed E-state index contributed by atoms with van der Waals surface area (Å²) in [5.74, 6) is 0.505. The summed E-state index contributed by atoms with van der Waals surface area (Å²) in [6.07, 6.45) is 1.22. The quantitative estimate of drug-likeness (QED) is 0.800. The van der Waals surface area contributed by atoms with Gasteiger partial charge in [-0.1, -0.05) is 13.0 Å². The Morgan fingerprint density at radius 3 is 2.39 bits per heavy atom. The summed E-state index contributed by atoms with van der Waals surface area (Å²) in [5.41, 5.74) is 0.943. The number of nitrogens with zero attached hydrogens (tertiary/aromatic N) is 1. The van der Waals surface area contributed by atoms with E-state index in [4.69, 9.17) is 9.31 Å². The Morgan fingerprint density at radius 2 is 1.83 bits per heavy atom. The van der Waals surface area contributed by atoms with Crippen LogP contribution >= 0.6 is 0 Å². The van der Waals surface area contributed by atoms with Gasteiger partial charge in [0.25, 0.3) is 0 Å². The van der Waals surface area contributed by atoms with Crippen molar-refractivity contribution in [2.24, 2.45) is 5.92 Å². The van der Waals surface area contributed by atoms with E-state index in [1.807, 2.05) is 33.8 Å². The first kappa shape index (κ1) is 16.9. The van der Waals surface area contributed by atoms with Gasteiger partial charge in [-0.25, -0.2) is 4.39 Å². The van der Waals surface area contributed by atoms with Gasteiger partial charge in [-0.05, 0) is 69.7 Å². The second-order valence-electron chi connectivity index (χ2n) is 8.11. The maximum Gasteiger partial charge on any atom is 0.494 e. The van der Waals surface area contributed by atoms with Crippen molar-refractivity contribution in [1.82, 2.24) is 4.90 Å². The van der Waals surface area contributed by atoms with Crippen molar-refractivity contribution in [1.29, 1.82) is 0 Å². The van der Waals surface area contributed by atoms with Gasteiger partial charge in [0.1, 0.15) is 5.82 Å². The molecule has 3 rings (SSSR count).